The van der Waals surface area contributed by atoms with Crippen molar-refractivity contribution < 1.29 is 4.79 Å². The van der Waals surface area contributed by atoms with Crippen LogP contribution >= 0.6 is 23.1 Å². The number of amides is 1. The molecule has 2 heterocycles. The summed E-state index contributed by atoms with van der Waals surface area (Å²) in [6, 6.07) is 9.91. The summed E-state index contributed by atoms with van der Waals surface area (Å²) in [5.41, 5.74) is 1.02. The molecule has 3 aromatic rings. The maximum absolute atomic E-state index is 11.8. The number of carbonyl (C=O) groups excluding carboxylic acids is 1. The van der Waals surface area contributed by atoms with Gasteiger partial charge in [-0.05, 0) is 0 Å². The van der Waals surface area contributed by atoms with Crippen molar-refractivity contribution in [3.05, 3.63) is 41.9 Å². The highest BCUT2D eigenvalue weighted by atomic mass is 32.2. The van der Waals surface area contributed by atoms with Crippen LogP contribution in [-0.2, 0) is 11.8 Å². The Morgan fingerprint density at radius 3 is 2.87 bits per heavy atom. The summed E-state index contributed by atoms with van der Waals surface area (Å²) in [4.78, 5) is 15.8. The third-order valence-electron chi connectivity index (χ3n) is 3.11. The van der Waals surface area contributed by atoms with Gasteiger partial charge in [-0.3, -0.25) is 4.79 Å². The summed E-state index contributed by atoms with van der Waals surface area (Å²) >= 11 is 2.92. The lowest BCUT2D eigenvalue weighted by Gasteiger charge is -2.04. The standard InChI is InChI=1S/C15H15N5OS2/c1-20-13(11-5-3-2-4-6-11)18-19-15(20)23-9-7-12(21)17-14-16-8-10-22-14/h2-6,8,10H,7,9H2,1H3,(H,16,17,21). The average Bonchev–Trinajstić information content (AvgIpc) is 3.19. The Hall–Kier alpha value is -2.19. The van der Waals surface area contributed by atoms with Gasteiger partial charge < -0.3 is 9.88 Å². The van der Waals surface area contributed by atoms with Gasteiger partial charge in [-0.15, -0.1) is 21.5 Å². The first-order valence-corrected chi connectivity index (χ1v) is 8.87. The number of benzene rings is 1. The minimum Gasteiger partial charge on any atom is -0.305 e. The summed E-state index contributed by atoms with van der Waals surface area (Å²) in [6.07, 6.45) is 2.07. The van der Waals surface area contributed by atoms with Gasteiger partial charge in [-0.1, -0.05) is 42.1 Å². The van der Waals surface area contributed by atoms with Crippen molar-refractivity contribution in [3.63, 3.8) is 0 Å². The van der Waals surface area contributed by atoms with Gasteiger partial charge in [-0.25, -0.2) is 4.98 Å². The summed E-state index contributed by atoms with van der Waals surface area (Å²) < 4.78 is 1.94. The van der Waals surface area contributed by atoms with Crippen molar-refractivity contribution in [2.75, 3.05) is 11.1 Å². The number of carbonyl (C=O) groups is 1. The first-order valence-electron chi connectivity index (χ1n) is 7.01. The zero-order chi connectivity index (χ0) is 16.1. The number of aromatic nitrogens is 4. The summed E-state index contributed by atoms with van der Waals surface area (Å²) in [7, 11) is 1.93. The van der Waals surface area contributed by atoms with Crippen LogP contribution in [0.25, 0.3) is 11.4 Å². The van der Waals surface area contributed by atoms with Crippen molar-refractivity contribution in [1.29, 1.82) is 0 Å². The molecule has 1 aromatic carbocycles. The predicted octanol–water partition coefficient (Wildman–Crippen LogP) is 3.06. The van der Waals surface area contributed by atoms with E-state index in [1.54, 1.807) is 6.20 Å². The van der Waals surface area contributed by atoms with Gasteiger partial charge >= 0.3 is 0 Å². The zero-order valence-electron chi connectivity index (χ0n) is 12.5. The van der Waals surface area contributed by atoms with Crippen LogP contribution in [0.2, 0.25) is 0 Å². The van der Waals surface area contributed by atoms with Gasteiger partial charge in [0.15, 0.2) is 16.1 Å². The second-order valence-electron chi connectivity index (χ2n) is 4.72. The van der Waals surface area contributed by atoms with E-state index in [0.717, 1.165) is 16.5 Å². The topological polar surface area (TPSA) is 72.7 Å². The van der Waals surface area contributed by atoms with Crippen molar-refractivity contribution in [2.24, 2.45) is 7.05 Å². The molecule has 3 rings (SSSR count). The van der Waals surface area contributed by atoms with Gasteiger partial charge in [-0.2, -0.15) is 0 Å². The van der Waals surface area contributed by atoms with E-state index in [-0.39, 0.29) is 5.91 Å². The highest BCUT2D eigenvalue weighted by Crippen LogP contribution is 2.22. The van der Waals surface area contributed by atoms with E-state index in [1.807, 2.05) is 47.3 Å². The van der Waals surface area contributed by atoms with Crippen LogP contribution in [0.1, 0.15) is 6.42 Å². The highest BCUT2D eigenvalue weighted by molar-refractivity contribution is 7.99. The van der Waals surface area contributed by atoms with Gasteiger partial charge in [0, 0.05) is 36.4 Å². The van der Waals surface area contributed by atoms with Crippen LogP contribution in [0.15, 0.2) is 47.1 Å². The molecule has 0 aliphatic rings. The Kier molecular flexibility index (Phi) is 5.04. The van der Waals surface area contributed by atoms with E-state index >= 15 is 0 Å². The van der Waals surface area contributed by atoms with Crippen LogP contribution in [0, 0.1) is 0 Å². The molecule has 0 saturated heterocycles. The third-order valence-corrected chi connectivity index (χ3v) is 4.82. The summed E-state index contributed by atoms with van der Waals surface area (Å²) in [5.74, 6) is 1.41. The fourth-order valence-electron chi connectivity index (χ4n) is 1.98. The number of nitrogens with zero attached hydrogens (tertiary/aromatic N) is 4. The molecule has 2 aromatic heterocycles. The maximum Gasteiger partial charge on any atom is 0.226 e. The molecule has 0 aliphatic carbocycles. The fraction of sp³-hybridized carbons (Fsp3) is 0.200. The van der Waals surface area contributed by atoms with Crippen LogP contribution in [-0.4, -0.2) is 31.4 Å². The number of hydrogen-bond donors (Lipinski definition) is 1. The smallest absolute Gasteiger partial charge is 0.226 e. The van der Waals surface area contributed by atoms with Crippen LogP contribution < -0.4 is 5.32 Å². The van der Waals surface area contributed by atoms with E-state index < -0.39 is 0 Å². The first-order chi connectivity index (χ1) is 11.2. The molecule has 118 valence electrons. The van der Waals surface area contributed by atoms with Crippen molar-refractivity contribution in [1.82, 2.24) is 19.7 Å². The second-order valence-corrected chi connectivity index (χ2v) is 6.67. The number of anilines is 1. The predicted molar refractivity (Wildman–Crippen MR) is 92.5 cm³/mol. The molecule has 1 N–H and O–H groups in total. The molecule has 0 radical (unpaired) electrons. The molecule has 23 heavy (non-hydrogen) atoms. The minimum absolute atomic E-state index is 0.0436. The molecule has 8 heteroatoms. The minimum atomic E-state index is -0.0436. The molecule has 0 aliphatic heterocycles. The van der Waals surface area contributed by atoms with Crippen LogP contribution in [0.3, 0.4) is 0 Å². The Labute approximate surface area is 142 Å². The fourth-order valence-corrected chi connectivity index (χ4v) is 3.37. The normalized spacial score (nSPS) is 10.7. The monoisotopic (exact) mass is 345 g/mol. The Bertz CT molecular complexity index is 771. The Balaban J connectivity index is 1.55. The van der Waals surface area contributed by atoms with Gasteiger partial charge in [0.05, 0.1) is 0 Å². The molecular formula is C15H15N5OS2. The second kappa shape index (κ2) is 7.38. The van der Waals surface area contributed by atoms with Crippen molar-refractivity contribution in [3.8, 4) is 11.4 Å². The van der Waals surface area contributed by atoms with E-state index in [2.05, 4.69) is 20.5 Å². The Morgan fingerprint density at radius 2 is 2.13 bits per heavy atom. The third kappa shape index (κ3) is 3.96. The molecule has 0 bridgehead atoms. The highest BCUT2D eigenvalue weighted by Gasteiger charge is 2.11. The van der Waals surface area contributed by atoms with E-state index in [4.69, 9.17) is 0 Å². The van der Waals surface area contributed by atoms with E-state index in [0.29, 0.717) is 17.3 Å². The average molecular weight is 345 g/mol. The first kappa shape index (κ1) is 15.7. The number of nitrogens with one attached hydrogen (secondary N) is 1. The molecule has 1 amide bonds. The Morgan fingerprint density at radius 1 is 1.30 bits per heavy atom. The molecule has 6 nitrogen and oxygen atoms in total. The van der Waals surface area contributed by atoms with E-state index in [1.165, 1.54) is 23.1 Å². The number of thiazole rings is 1. The summed E-state index contributed by atoms with van der Waals surface area (Å²) in [5, 5.41) is 14.4. The molecule has 0 atom stereocenters. The van der Waals surface area contributed by atoms with Gasteiger partial charge in [0.25, 0.3) is 0 Å². The number of thioether (sulfide) groups is 1. The van der Waals surface area contributed by atoms with Gasteiger partial charge in [0.2, 0.25) is 5.91 Å². The van der Waals surface area contributed by atoms with Crippen LogP contribution in [0.5, 0.6) is 0 Å². The quantitative estimate of drug-likeness (QED) is 0.695. The van der Waals surface area contributed by atoms with Crippen molar-refractivity contribution in [2.45, 2.75) is 11.6 Å². The lowest BCUT2D eigenvalue weighted by Crippen LogP contribution is -2.12. The largest absolute Gasteiger partial charge is 0.305 e. The lowest BCUT2D eigenvalue weighted by atomic mass is 10.2. The SMILES string of the molecule is Cn1c(SCCC(=O)Nc2nccs2)nnc1-c1ccccc1. The lowest BCUT2D eigenvalue weighted by molar-refractivity contribution is -0.115. The molecule has 0 spiro atoms. The molecule has 0 saturated carbocycles. The van der Waals surface area contributed by atoms with Crippen molar-refractivity contribution >= 4 is 34.1 Å². The molecule has 0 fully saturated rings. The molecular weight excluding hydrogens is 330 g/mol. The van der Waals surface area contributed by atoms with E-state index in [9.17, 15) is 4.79 Å². The molecule has 0 unspecified atom stereocenters. The number of rotatable bonds is 6. The summed E-state index contributed by atoms with van der Waals surface area (Å²) in [6.45, 7) is 0. The maximum atomic E-state index is 11.8. The zero-order valence-corrected chi connectivity index (χ0v) is 14.1. The number of hydrogen-bond acceptors (Lipinski definition) is 6. The van der Waals surface area contributed by atoms with Gasteiger partial charge in [0.1, 0.15) is 0 Å². The van der Waals surface area contributed by atoms with Crippen LogP contribution in [0.4, 0.5) is 5.13 Å².